The number of fused-ring (bicyclic) bond motifs is 1. The van der Waals surface area contributed by atoms with Crippen LogP contribution >= 0.6 is 43.2 Å². The number of pyridine rings is 1. The molecular weight excluding hydrogens is 568 g/mol. The highest BCUT2D eigenvalue weighted by atomic mass is 79.9. The molecule has 4 atom stereocenters. The molecule has 172 valence electrons. The maximum Gasteiger partial charge on any atom is 0.233 e. The third-order valence-corrected chi connectivity index (χ3v) is 8.70. The Hall–Kier alpha value is -1.65. The second kappa shape index (κ2) is 9.92. The summed E-state index contributed by atoms with van der Waals surface area (Å²) in [6.45, 7) is 0. The molecule has 1 amide bonds. The fourth-order valence-corrected chi connectivity index (χ4v) is 6.95. The molecule has 1 aromatic carbocycles. The number of anilines is 1. The molecule has 0 saturated carbocycles. The molecule has 0 spiro atoms. The summed E-state index contributed by atoms with van der Waals surface area (Å²) in [5, 5.41) is 17.3. The molecule has 3 N–H and O–H groups in total. The third-order valence-electron chi connectivity index (χ3n) is 6.46. The van der Waals surface area contributed by atoms with Crippen LogP contribution < -0.4 is 10.6 Å². The van der Waals surface area contributed by atoms with Gasteiger partial charge in [0.05, 0.1) is 23.4 Å². The number of carbonyl (C=O) groups is 1. The number of aromatic nitrogens is 2. The summed E-state index contributed by atoms with van der Waals surface area (Å²) in [4.78, 5) is 22.7. The number of rotatable bonds is 6. The second-order valence-corrected chi connectivity index (χ2v) is 11.9. The van der Waals surface area contributed by atoms with Crippen LogP contribution in [0.25, 0.3) is 0 Å². The van der Waals surface area contributed by atoms with Crippen LogP contribution in [-0.2, 0) is 17.6 Å². The van der Waals surface area contributed by atoms with Gasteiger partial charge in [0.2, 0.25) is 5.91 Å². The smallest absolute Gasteiger partial charge is 0.233 e. The molecule has 6 nitrogen and oxygen atoms in total. The lowest BCUT2D eigenvalue weighted by molar-refractivity contribution is -0.117. The Balaban J connectivity index is 1.19. The first-order chi connectivity index (χ1) is 16.0. The molecule has 1 fully saturated rings. The van der Waals surface area contributed by atoms with Crippen molar-refractivity contribution < 1.29 is 9.90 Å². The van der Waals surface area contributed by atoms with E-state index in [2.05, 4.69) is 64.6 Å². The van der Waals surface area contributed by atoms with Crippen LogP contribution in [-0.4, -0.2) is 33.1 Å². The number of benzene rings is 1. The molecule has 2 aliphatic rings. The molecule has 0 unspecified atom stereocenters. The summed E-state index contributed by atoms with van der Waals surface area (Å²) in [5.41, 5.74) is 3.71. The first-order valence-corrected chi connectivity index (χ1v) is 13.5. The summed E-state index contributed by atoms with van der Waals surface area (Å²) in [6.07, 6.45) is 7.39. The molecule has 0 radical (unpaired) electrons. The molecule has 9 heteroatoms. The number of aryl methyl sites for hydroxylation is 1. The Kier molecular flexibility index (Phi) is 6.94. The van der Waals surface area contributed by atoms with Crippen molar-refractivity contribution in [2.24, 2.45) is 0 Å². The number of aliphatic hydroxyl groups is 1. The molecule has 3 aromatic rings. The highest BCUT2D eigenvalue weighted by Crippen LogP contribution is 2.39. The Morgan fingerprint density at radius 1 is 1.27 bits per heavy atom. The van der Waals surface area contributed by atoms with Crippen molar-refractivity contribution in [1.82, 2.24) is 15.3 Å². The van der Waals surface area contributed by atoms with Crippen LogP contribution in [0.1, 0.15) is 53.0 Å². The largest absolute Gasteiger partial charge is 0.387 e. The number of nitrogens with zero attached hydrogens (tertiary/aromatic N) is 2. The average molecular weight is 592 g/mol. The predicted octanol–water partition coefficient (Wildman–Crippen LogP) is 5.13. The minimum atomic E-state index is -0.553. The molecule has 1 aliphatic carbocycles. The monoisotopic (exact) mass is 590 g/mol. The van der Waals surface area contributed by atoms with E-state index in [-0.39, 0.29) is 17.9 Å². The lowest BCUT2D eigenvalue weighted by atomic mass is 10.0. The van der Waals surface area contributed by atoms with Gasteiger partial charge in [0.1, 0.15) is 0 Å². The number of hydrogen-bond acceptors (Lipinski definition) is 6. The SMILES string of the molecule is O=C(Nc1ccc(C[C@@H]2CC[C@H]([C@H](O)c3cccnc3)N2)cc1Br)[C@H]1CCc2sc(Br)nc21. The van der Waals surface area contributed by atoms with Crippen molar-refractivity contribution in [3.63, 3.8) is 0 Å². The third kappa shape index (κ3) is 5.07. The summed E-state index contributed by atoms with van der Waals surface area (Å²) in [5.74, 6) is -0.204. The molecule has 0 bridgehead atoms. The predicted molar refractivity (Wildman–Crippen MR) is 136 cm³/mol. The topological polar surface area (TPSA) is 87.1 Å². The number of halogens is 2. The van der Waals surface area contributed by atoms with Gasteiger partial charge in [-0.3, -0.25) is 9.78 Å². The number of carbonyl (C=O) groups excluding carboxylic acids is 1. The lowest BCUT2D eigenvalue weighted by Crippen LogP contribution is -2.35. The number of amides is 1. The van der Waals surface area contributed by atoms with Crippen LogP contribution in [0.3, 0.4) is 0 Å². The normalized spacial score (nSPS) is 22.8. The molecular formula is C24H24Br2N4O2S. The highest BCUT2D eigenvalue weighted by molar-refractivity contribution is 9.11. The van der Waals surface area contributed by atoms with Gasteiger partial charge in [-0.05, 0) is 87.7 Å². The van der Waals surface area contributed by atoms with Crippen LogP contribution in [0.4, 0.5) is 5.69 Å². The van der Waals surface area contributed by atoms with E-state index in [1.54, 1.807) is 23.7 Å². The molecule has 1 saturated heterocycles. The lowest BCUT2D eigenvalue weighted by Gasteiger charge is -2.20. The Morgan fingerprint density at radius 2 is 2.15 bits per heavy atom. The Bertz CT molecular complexity index is 1160. The van der Waals surface area contributed by atoms with Gasteiger partial charge in [0, 0.05) is 39.4 Å². The molecule has 1 aliphatic heterocycles. The van der Waals surface area contributed by atoms with E-state index in [0.29, 0.717) is 6.04 Å². The van der Waals surface area contributed by atoms with E-state index in [0.717, 1.165) is 57.4 Å². The number of hydrogen-bond donors (Lipinski definition) is 3. The molecule has 5 rings (SSSR count). The van der Waals surface area contributed by atoms with Crippen molar-refractivity contribution in [2.45, 2.75) is 56.2 Å². The van der Waals surface area contributed by atoms with Crippen LogP contribution in [0.5, 0.6) is 0 Å². The van der Waals surface area contributed by atoms with Crippen molar-refractivity contribution in [3.8, 4) is 0 Å². The molecule has 2 aromatic heterocycles. The zero-order valence-electron chi connectivity index (χ0n) is 17.8. The minimum absolute atomic E-state index is 0.00955. The van der Waals surface area contributed by atoms with E-state index >= 15 is 0 Å². The quantitative estimate of drug-likeness (QED) is 0.370. The fraction of sp³-hybridized carbons (Fsp3) is 0.375. The number of aliphatic hydroxyl groups excluding tert-OH is 1. The molecule has 3 heterocycles. The van der Waals surface area contributed by atoms with Crippen molar-refractivity contribution in [1.29, 1.82) is 0 Å². The zero-order valence-corrected chi connectivity index (χ0v) is 21.8. The van der Waals surface area contributed by atoms with Crippen molar-refractivity contribution >= 4 is 54.8 Å². The summed E-state index contributed by atoms with van der Waals surface area (Å²) in [7, 11) is 0. The zero-order chi connectivity index (χ0) is 22.9. The van der Waals surface area contributed by atoms with Gasteiger partial charge in [0.25, 0.3) is 0 Å². The van der Waals surface area contributed by atoms with Gasteiger partial charge >= 0.3 is 0 Å². The van der Waals surface area contributed by atoms with E-state index in [4.69, 9.17) is 0 Å². The van der Waals surface area contributed by atoms with Gasteiger partial charge in [-0.25, -0.2) is 4.98 Å². The van der Waals surface area contributed by atoms with Crippen molar-refractivity contribution in [3.05, 3.63) is 72.8 Å². The minimum Gasteiger partial charge on any atom is -0.387 e. The fourth-order valence-electron chi connectivity index (χ4n) is 4.79. The van der Waals surface area contributed by atoms with E-state index < -0.39 is 6.10 Å². The Morgan fingerprint density at radius 3 is 2.94 bits per heavy atom. The van der Waals surface area contributed by atoms with Gasteiger partial charge in [0.15, 0.2) is 3.92 Å². The maximum absolute atomic E-state index is 12.9. The van der Waals surface area contributed by atoms with Crippen LogP contribution in [0.2, 0.25) is 0 Å². The first kappa shape index (κ1) is 23.1. The number of thiazole rings is 1. The van der Waals surface area contributed by atoms with Gasteiger partial charge in [-0.15, -0.1) is 11.3 Å². The summed E-state index contributed by atoms with van der Waals surface area (Å²) >= 11 is 8.67. The van der Waals surface area contributed by atoms with E-state index in [1.807, 2.05) is 18.2 Å². The second-order valence-electron chi connectivity index (χ2n) is 8.65. The van der Waals surface area contributed by atoms with Gasteiger partial charge in [-0.2, -0.15) is 0 Å². The van der Waals surface area contributed by atoms with Crippen LogP contribution in [0, 0.1) is 0 Å². The summed E-state index contributed by atoms with van der Waals surface area (Å²) < 4.78 is 1.71. The maximum atomic E-state index is 12.9. The van der Waals surface area contributed by atoms with Crippen molar-refractivity contribution in [2.75, 3.05) is 5.32 Å². The van der Waals surface area contributed by atoms with Gasteiger partial charge in [-0.1, -0.05) is 12.1 Å². The highest BCUT2D eigenvalue weighted by Gasteiger charge is 2.33. The van der Waals surface area contributed by atoms with Crippen LogP contribution in [0.15, 0.2) is 51.1 Å². The van der Waals surface area contributed by atoms with E-state index in [1.165, 1.54) is 10.4 Å². The number of nitrogens with one attached hydrogen (secondary N) is 2. The van der Waals surface area contributed by atoms with Gasteiger partial charge < -0.3 is 15.7 Å². The summed E-state index contributed by atoms with van der Waals surface area (Å²) in [6, 6.07) is 10.2. The standard InChI is InChI=1S/C24H24Br2N4O2S/c25-17-11-13(10-15-4-7-19(28-15)22(31)14-2-1-9-27-12-14)3-6-18(17)29-23(32)16-5-8-20-21(16)30-24(26)33-20/h1-3,6,9,11-12,15-16,19,22,28,31H,4-5,7-8,10H2,(H,29,32)/t15-,16-,19+,22+/m0/s1. The first-order valence-electron chi connectivity index (χ1n) is 11.1. The Labute approximate surface area is 213 Å². The van der Waals surface area contributed by atoms with E-state index in [9.17, 15) is 9.90 Å². The average Bonchev–Trinajstić information content (AvgIpc) is 3.51. The molecule has 33 heavy (non-hydrogen) atoms.